The van der Waals surface area contributed by atoms with Crippen LogP contribution in [0.2, 0.25) is 0 Å². The van der Waals surface area contributed by atoms with Gasteiger partial charge in [-0.3, -0.25) is 9.59 Å². The Morgan fingerprint density at radius 3 is 1.94 bits per heavy atom. The zero-order valence-electron chi connectivity index (χ0n) is 9.47. The molecule has 0 atom stereocenters. The van der Waals surface area contributed by atoms with Gasteiger partial charge in [-0.2, -0.15) is 9.97 Å². The zero-order chi connectivity index (χ0) is 12.4. The van der Waals surface area contributed by atoms with E-state index in [1.165, 1.54) is 20.3 Å². The number of anilines is 1. The number of rotatable bonds is 3. The lowest BCUT2D eigenvalue weighted by Crippen LogP contribution is -2.30. The molecule has 1 fully saturated rings. The minimum atomic E-state index is -0.315. The van der Waals surface area contributed by atoms with Gasteiger partial charge in [-0.15, -0.1) is 0 Å². The van der Waals surface area contributed by atoms with Crippen LogP contribution in [0.5, 0.6) is 11.8 Å². The van der Waals surface area contributed by atoms with Crippen LogP contribution in [0.15, 0.2) is 6.07 Å². The molecule has 0 saturated carbocycles. The molecule has 1 aromatic rings. The van der Waals surface area contributed by atoms with Crippen molar-refractivity contribution in [2.24, 2.45) is 0 Å². The Hall–Kier alpha value is -2.18. The number of nitrogens with zero attached hydrogens (tertiary/aromatic N) is 3. The van der Waals surface area contributed by atoms with E-state index in [4.69, 9.17) is 9.47 Å². The summed E-state index contributed by atoms with van der Waals surface area (Å²) in [4.78, 5) is 31.9. The van der Waals surface area contributed by atoms with Gasteiger partial charge in [0.1, 0.15) is 0 Å². The molecule has 0 N–H and O–H groups in total. The van der Waals surface area contributed by atoms with E-state index in [-0.39, 0.29) is 42.4 Å². The van der Waals surface area contributed by atoms with Gasteiger partial charge < -0.3 is 9.47 Å². The van der Waals surface area contributed by atoms with Crippen molar-refractivity contribution in [3.8, 4) is 11.8 Å². The standard InChI is InChI=1S/C10H11N3O4/c1-16-6-5-7(17-2)12-10(11-6)13-8(14)3-4-9(13)15/h5H,3-4H2,1-2H3. The van der Waals surface area contributed by atoms with Crippen LogP contribution < -0.4 is 14.4 Å². The number of amides is 2. The SMILES string of the molecule is COc1cc(OC)nc(N2C(=O)CCC2=O)n1. The number of carbonyl (C=O) groups excluding carboxylic acids is 2. The highest BCUT2D eigenvalue weighted by Crippen LogP contribution is 2.24. The van der Waals surface area contributed by atoms with Crippen LogP contribution >= 0.6 is 0 Å². The Balaban J connectivity index is 2.43. The third kappa shape index (κ3) is 2.03. The van der Waals surface area contributed by atoms with Crippen molar-refractivity contribution in [3.63, 3.8) is 0 Å². The molecule has 2 rings (SSSR count). The van der Waals surface area contributed by atoms with Crippen LogP contribution in [0, 0.1) is 0 Å². The molecule has 1 aliphatic rings. The Morgan fingerprint density at radius 2 is 1.53 bits per heavy atom. The third-order valence-electron chi connectivity index (χ3n) is 2.34. The van der Waals surface area contributed by atoms with Crippen LogP contribution in [-0.4, -0.2) is 36.0 Å². The first-order valence-electron chi connectivity index (χ1n) is 4.98. The summed E-state index contributed by atoms with van der Waals surface area (Å²) < 4.78 is 9.89. The maximum absolute atomic E-state index is 11.5. The molecule has 0 radical (unpaired) electrons. The van der Waals surface area contributed by atoms with E-state index >= 15 is 0 Å². The predicted octanol–water partition coefficient (Wildman–Crippen LogP) is 0.147. The molecular formula is C10H11N3O4. The third-order valence-corrected chi connectivity index (χ3v) is 2.34. The molecule has 0 spiro atoms. The van der Waals surface area contributed by atoms with E-state index in [2.05, 4.69) is 9.97 Å². The Morgan fingerprint density at radius 1 is 1.06 bits per heavy atom. The van der Waals surface area contributed by atoms with Crippen LogP contribution in [0.25, 0.3) is 0 Å². The smallest absolute Gasteiger partial charge is 0.245 e. The van der Waals surface area contributed by atoms with Gasteiger partial charge in [-0.05, 0) is 0 Å². The van der Waals surface area contributed by atoms with Crippen molar-refractivity contribution in [2.75, 3.05) is 19.1 Å². The highest BCUT2D eigenvalue weighted by atomic mass is 16.5. The zero-order valence-corrected chi connectivity index (χ0v) is 9.47. The molecule has 2 heterocycles. The van der Waals surface area contributed by atoms with Crippen molar-refractivity contribution in [3.05, 3.63) is 6.07 Å². The molecule has 7 nitrogen and oxygen atoms in total. The van der Waals surface area contributed by atoms with E-state index in [1.807, 2.05) is 0 Å². The summed E-state index contributed by atoms with van der Waals surface area (Å²) in [7, 11) is 2.86. The molecule has 7 heteroatoms. The second-order valence-corrected chi connectivity index (χ2v) is 3.38. The minimum Gasteiger partial charge on any atom is -0.481 e. The summed E-state index contributed by atoms with van der Waals surface area (Å²) in [6.45, 7) is 0. The molecule has 0 aliphatic carbocycles. The maximum Gasteiger partial charge on any atom is 0.245 e. The van der Waals surface area contributed by atoms with E-state index in [0.29, 0.717) is 0 Å². The normalized spacial score (nSPS) is 15.3. The molecule has 0 bridgehead atoms. The first-order valence-corrected chi connectivity index (χ1v) is 4.98. The van der Waals surface area contributed by atoms with Crippen LogP contribution in [-0.2, 0) is 9.59 Å². The highest BCUT2D eigenvalue weighted by molar-refractivity contribution is 6.18. The fourth-order valence-electron chi connectivity index (χ4n) is 1.50. The summed E-state index contributed by atoms with van der Waals surface area (Å²) in [5.74, 6) is -0.164. The Kier molecular flexibility index (Phi) is 2.90. The van der Waals surface area contributed by atoms with Crippen molar-refractivity contribution in [1.82, 2.24) is 9.97 Å². The van der Waals surface area contributed by atoms with Gasteiger partial charge in [-0.25, -0.2) is 4.90 Å². The van der Waals surface area contributed by atoms with Gasteiger partial charge in [0.25, 0.3) is 0 Å². The maximum atomic E-state index is 11.5. The number of hydrogen-bond acceptors (Lipinski definition) is 6. The van der Waals surface area contributed by atoms with E-state index in [1.54, 1.807) is 0 Å². The second-order valence-electron chi connectivity index (χ2n) is 3.38. The van der Waals surface area contributed by atoms with Crippen molar-refractivity contribution in [1.29, 1.82) is 0 Å². The molecule has 0 unspecified atom stereocenters. The molecule has 0 aromatic carbocycles. The minimum absolute atomic E-state index is 0.00583. The molecule has 17 heavy (non-hydrogen) atoms. The summed E-state index contributed by atoms with van der Waals surface area (Å²) >= 11 is 0. The van der Waals surface area contributed by atoms with Gasteiger partial charge in [0.2, 0.25) is 29.5 Å². The Labute approximate surface area is 97.4 Å². The van der Waals surface area contributed by atoms with Crippen molar-refractivity contribution >= 4 is 17.8 Å². The van der Waals surface area contributed by atoms with Crippen LogP contribution in [0.3, 0.4) is 0 Å². The number of carbonyl (C=O) groups is 2. The van der Waals surface area contributed by atoms with Gasteiger partial charge in [0.05, 0.1) is 20.3 Å². The van der Waals surface area contributed by atoms with Crippen LogP contribution in [0.4, 0.5) is 5.95 Å². The molecule has 90 valence electrons. The first-order chi connectivity index (χ1) is 8.15. The van der Waals surface area contributed by atoms with Crippen molar-refractivity contribution < 1.29 is 19.1 Å². The lowest BCUT2D eigenvalue weighted by atomic mass is 10.4. The van der Waals surface area contributed by atoms with E-state index < -0.39 is 0 Å². The average molecular weight is 237 g/mol. The second kappa shape index (κ2) is 4.36. The monoisotopic (exact) mass is 237 g/mol. The fourth-order valence-corrected chi connectivity index (χ4v) is 1.50. The highest BCUT2D eigenvalue weighted by Gasteiger charge is 2.33. The fraction of sp³-hybridized carbons (Fsp3) is 0.400. The molecule has 1 aromatic heterocycles. The molecular weight excluding hydrogens is 226 g/mol. The lowest BCUT2D eigenvalue weighted by Gasteiger charge is -2.13. The molecule has 1 saturated heterocycles. The summed E-state index contributed by atoms with van der Waals surface area (Å²) in [6, 6.07) is 1.47. The largest absolute Gasteiger partial charge is 0.481 e. The number of imide groups is 1. The first kappa shape index (κ1) is 11.3. The predicted molar refractivity (Wildman–Crippen MR) is 56.9 cm³/mol. The Bertz CT molecular complexity index is 436. The topological polar surface area (TPSA) is 81.6 Å². The summed E-state index contributed by atoms with van der Waals surface area (Å²) in [5, 5.41) is 0. The number of methoxy groups -OCH3 is 2. The van der Waals surface area contributed by atoms with E-state index in [9.17, 15) is 9.59 Å². The van der Waals surface area contributed by atoms with Gasteiger partial charge >= 0.3 is 0 Å². The average Bonchev–Trinajstić information content (AvgIpc) is 2.68. The van der Waals surface area contributed by atoms with Crippen LogP contribution in [0.1, 0.15) is 12.8 Å². The van der Waals surface area contributed by atoms with Crippen molar-refractivity contribution in [2.45, 2.75) is 12.8 Å². The number of hydrogen-bond donors (Lipinski definition) is 0. The molecule has 1 aliphatic heterocycles. The van der Waals surface area contributed by atoms with Gasteiger partial charge in [-0.1, -0.05) is 0 Å². The number of ether oxygens (including phenoxy) is 2. The summed E-state index contributed by atoms with van der Waals surface area (Å²) in [6.07, 6.45) is 0.365. The lowest BCUT2D eigenvalue weighted by molar-refractivity contribution is -0.121. The van der Waals surface area contributed by atoms with Gasteiger partial charge in [0, 0.05) is 12.8 Å². The quantitative estimate of drug-likeness (QED) is 0.696. The number of aromatic nitrogens is 2. The van der Waals surface area contributed by atoms with E-state index in [0.717, 1.165) is 4.90 Å². The molecule has 2 amide bonds. The van der Waals surface area contributed by atoms with Gasteiger partial charge in [0.15, 0.2) is 0 Å². The summed E-state index contributed by atoms with van der Waals surface area (Å²) in [5.41, 5.74) is 0.